The molecule has 0 unspecified atom stereocenters. The third-order valence-corrected chi connectivity index (χ3v) is 14.3. The topological polar surface area (TPSA) is 423 Å². The molecule has 5 rings (SSSR count). The maximum absolute atomic E-state index is 14.9. The van der Waals surface area contributed by atoms with E-state index in [-0.39, 0.29) is 76.8 Å². The monoisotopic (exact) mass is 1200 g/mol. The van der Waals surface area contributed by atoms with Gasteiger partial charge in [0.25, 0.3) is 0 Å². The van der Waals surface area contributed by atoms with Crippen molar-refractivity contribution in [2.24, 2.45) is 23.1 Å². The Bertz CT molecular complexity index is 3160. The van der Waals surface area contributed by atoms with Crippen LogP contribution in [0.15, 0.2) is 110 Å². The number of Topliss-reactive ketones (excluding diaryl/α,β-unsaturated/α-hetero) is 1. The molecular weight excluding hydrogens is 1120 g/mol. The van der Waals surface area contributed by atoms with Gasteiger partial charge in [-0.2, -0.15) is 0 Å². The normalized spacial score (nSPS) is 13.8. The third-order valence-electron chi connectivity index (χ3n) is 14.3. The molecule has 0 bridgehead atoms. The van der Waals surface area contributed by atoms with Crippen LogP contribution in [0.2, 0.25) is 0 Å². The van der Waals surface area contributed by atoms with Crippen LogP contribution in [-0.4, -0.2) is 148 Å². The fourth-order valence-corrected chi connectivity index (χ4v) is 9.42. The van der Waals surface area contributed by atoms with Crippen LogP contribution in [0.4, 0.5) is 4.79 Å². The van der Waals surface area contributed by atoms with Gasteiger partial charge in [0.1, 0.15) is 42.3 Å². The molecule has 2 heterocycles. The molecule has 466 valence electrons. The van der Waals surface area contributed by atoms with Gasteiger partial charge in [-0.3, -0.25) is 52.9 Å². The minimum Gasteiger partial charge on any atom is -0.481 e. The number of para-hydroxylation sites is 1. The number of aliphatic carboxylic acids is 1. The molecule has 0 aliphatic heterocycles. The Morgan fingerprint density at radius 1 is 0.563 bits per heavy atom. The number of hydrogen-bond donors (Lipinski definition) is 14. The molecule has 2 aromatic heterocycles. The number of carbonyl (C=O) groups is 11. The van der Waals surface area contributed by atoms with E-state index in [9.17, 15) is 57.8 Å². The molecular formula is C61H80N14O12. The predicted molar refractivity (Wildman–Crippen MR) is 323 cm³/mol. The van der Waals surface area contributed by atoms with Gasteiger partial charge in [0.15, 0.2) is 5.78 Å². The van der Waals surface area contributed by atoms with Crippen LogP contribution in [0, 0.1) is 5.92 Å². The van der Waals surface area contributed by atoms with Crippen molar-refractivity contribution >= 4 is 75.9 Å². The van der Waals surface area contributed by atoms with Crippen LogP contribution in [0.1, 0.15) is 82.9 Å². The minimum atomic E-state index is -1.86. The zero-order valence-electron chi connectivity index (χ0n) is 49.2. The van der Waals surface area contributed by atoms with Crippen LogP contribution in [0.25, 0.3) is 22.0 Å². The third kappa shape index (κ3) is 21.8. The first-order chi connectivity index (χ1) is 41.6. The number of nitrogens with zero attached hydrogens (tertiary/aromatic N) is 1. The summed E-state index contributed by atoms with van der Waals surface area (Å²) in [7, 11) is 0. The lowest BCUT2D eigenvalue weighted by atomic mass is 9.98. The van der Waals surface area contributed by atoms with Crippen molar-refractivity contribution < 1.29 is 57.8 Å². The zero-order chi connectivity index (χ0) is 63.6. The molecule has 0 spiro atoms. The number of amides is 10. The molecule has 0 saturated heterocycles. The number of aryl methyl sites for hydroxylation is 1. The summed E-state index contributed by atoms with van der Waals surface area (Å²) in [6.45, 7) is 5.86. The van der Waals surface area contributed by atoms with Crippen molar-refractivity contribution in [3.63, 3.8) is 0 Å². The molecule has 0 fully saturated rings. The lowest BCUT2D eigenvalue weighted by molar-refractivity contribution is -0.141. The van der Waals surface area contributed by atoms with Gasteiger partial charge in [0.05, 0.1) is 12.5 Å². The summed E-state index contributed by atoms with van der Waals surface area (Å²) in [6, 6.07) is 15.1. The highest BCUT2D eigenvalue weighted by Crippen LogP contribution is 2.22. The number of carbonyl (C=O) groups excluding carboxylic acids is 10. The molecule has 26 heteroatoms. The Morgan fingerprint density at radius 3 is 1.71 bits per heavy atom. The van der Waals surface area contributed by atoms with Gasteiger partial charge in [-0.15, -0.1) is 0 Å². The SMILES string of the molecule is CCC(=O)N[C@@H](CN)C(=O)N[C@@H](CCc1ccncc1)C(=O)N[C@@H](CC(=O)O)C(=O)N[C@@H](Cc1c[nH]c2ccccc12)C(=O)N[C@H](C(=O)N[C@@H](Cc1ccc(-c2ccccc2)cc1)C(=O)N[C@@H](CCCNC(N)=O)C(=O)N[C@@H](CCN)C(C)=O)C(C)C. The Balaban J connectivity index is 1.47. The van der Waals surface area contributed by atoms with E-state index in [1.165, 1.54) is 19.3 Å². The van der Waals surface area contributed by atoms with Gasteiger partial charge < -0.3 is 75.1 Å². The first-order valence-corrected chi connectivity index (χ1v) is 28.8. The zero-order valence-corrected chi connectivity index (χ0v) is 49.2. The highest BCUT2D eigenvalue weighted by atomic mass is 16.4. The first-order valence-electron chi connectivity index (χ1n) is 28.8. The summed E-state index contributed by atoms with van der Waals surface area (Å²) in [6.07, 6.45) is 3.65. The molecule has 0 radical (unpaired) electrons. The standard InChI is InChI=1S/C61H80N14O12/c1-5-51(77)68-50(33-63)59(85)71-46(22-19-37-24-28-65-29-25-37)55(81)73-49(32-52(78)79)57(83)72-48(31-41-34-67-44-15-10-9-14-42(41)44)58(84)75-53(35(2)3)60(86)74-47(30-38-17-20-40(21-18-38)39-12-7-6-8-13-39)56(82)70-45(16-11-27-66-61(64)87)54(80)69-43(23-26-62)36(4)76/h6-10,12-15,17-18,20-21,24-25,28-29,34-35,43,45-50,53,67H,5,11,16,19,22-23,26-27,30-33,62-63H2,1-4H3,(H,68,77)(H,69,80)(H,70,82)(H,71,85)(H,72,83)(H,73,81)(H,74,86)(H,75,84)(H,78,79)(H3,64,66,87)/t43-,45-,46-,47-,48-,49-,50-,53-/m0/s1. The number of fused-ring (bicyclic) bond motifs is 1. The number of benzene rings is 3. The van der Waals surface area contributed by atoms with Crippen molar-refractivity contribution in [2.75, 3.05) is 19.6 Å². The molecule has 8 atom stereocenters. The number of rotatable bonds is 35. The molecule has 3 aromatic carbocycles. The molecule has 0 saturated carbocycles. The number of aromatic nitrogens is 2. The average Bonchev–Trinajstić information content (AvgIpc) is 2.29. The molecule has 5 aromatic rings. The lowest BCUT2D eigenvalue weighted by Gasteiger charge is -2.29. The fourth-order valence-electron chi connectivity index (χ4n) is 9.42. The number of ketones is 1. The van der Waals surface area contributed by atoms with Crippen molar-refractivity contribution in [3.8, 4) is 11.1 Å². The van der Waals surface area contributed by atoms with Gasteiger partial charge in [-0.05, 0) is 97.5 Å². The number of carboxylic acid groups (broad SMARTS) is 1. The van der Waals surface area contributed by atoms with E-state index in [1.54, 1.807) is 75.5 Å². The van der Waals surface area contributed by atoms with E-state index >= 15 is 0 Å². The van der Waals surface area contributed by atoms with E-state index in [0.29, 0.717) is 22.0 Å². The first kappa shape index (κ1) is 68.2. The van der Waals surface area contributed by atoms with Crippen molar-refractivity contribution in [1.29, 1.82) is 0 Å². The number of hydrogen-bond acceptors (Lipinski definition) is 14. The number of nitrogens with one attached hydrogen (secondary N) is 10. The van der Waals surface area contributed by atoms with E-state index in [2.05, 4.69) is 57.8 Å². The minimum absolute atomic E-state index is 0.0278. The smallest absolute Gasteiger partial charge is 0.312 e. The second kappa shape index (κ2) is 34.4. The van der Waals surface area contributed by atoms with Crippen molar-refractivity contribution in [3.05, 3.63) is 126 Å². The Kier molecular flexibility index (Phi) is 27.0. The van der Waals surface area contributed by atoms with Crippen LogP contribution in [0.5, 0.6) is 0 Å². The maximum Gasteiger partial charge on any atom is 0.312 e. The van der Waals surface area contributed by atoms with Crippen molar-refractivity contribution in [1.82, 2.24) is 57.8 Å². The number of H-pyrrole nitrogens is 1. The average molecular weight is 1200 g/mol. The quantitative estimate of drug-likeness (QED) is 0.0244. The summed E-state index contributed by atoms with van der Waals surface area (Å²) >= 11 is 0. The molecule has 17 N–H and O–H groups in total. The van der Waals surface area contributed by atoms with Crippen LogP contribution in [-0.2, 0) is 67.2 Å². The van der Waals surface area contributed by atoms with Crippen LogP contribution >= 0.6 is 0 Å². The maximum atomic E-state index is 14.9. The van der Waals surface area contributed by atoms with Crippen LogP contribution in [0.3, 0.4) is 0 Å². The van der Waals surface area contributed by atoms with Gasteiger partial charge in [0, 0.05) is 61.8 Å². The van der Waals surface area contributed by atoms with Crippen molar-refractivity contribution in [2.45, 2.75) is 134 Å². The van der Waals surface area contributed by atoms with Gasteiger partial charge in [0.2, 0.25) is 47.3 Å². The van der Waals surface area contributed by atoms with Gasteiger partial charge in [-0.1, -0.05) is 93.6 Å². The van der Waals surface area contributed by atoms with Gasteiger partial charge >= 0.3 is 12.0 Å². The number of aromatic amines is 1. The number of primary amides is 1. The summed E-state index contributed by atoms with van der Waals surface area (Å²) in [5.41, 5.74) is 21.1. The van der Waals surface area contributed by atoms with Gasteiger partial charge in [-0.25, -0.2) is 4.79 Å². The number of urea groups is 1. The van der Waals surface area contributed by atoms with E-state index in [4.69, 9.17) is 17.2 Å². The van der Waals surface area contributed by atoms with E-state index < -0.39 is 120 Å². The Hall–Kier alpha value is -9.56. The Morgan fingerprint density at radius 2 is 1.10 bits per heavy atom. The largest absolute Gasteiger partial charge is 0.481 e. The molecule has 26 nitrogen and oxygen atoms in total. The molecule has 87 heavy (non-hydrogen) atoms. The predicted octanol–water partition coefficient (Wildman–Crippen LogP) is 0.412. The summed E-state index contributed by atoms with van der Waals surface area (Å²) in [5, 5.41) is 34.2. The summed E-state index contributed by atoms with van der Waals surface area (Å²) < 4.78 is 0. The highest BCUT2D eigenvalue weighted by Gasteiger charge is 2.36. The number of nitrogens with two attached hydrogens (primary N) is 3. The molecule has 0 aliphatic carbocycles. The number of pyridine rings is 1. The molecule has 0 aliphatic rings. The molecule has 10 amide bonds. The highest BCUT2D eigenvalue weighted by molar-refractivity contribution is 5.99. The lowest BCUT2D eigenvalue weighted by Crippen LogP contribution is -2.61. The Labute approximate surface area is 503 Å². The van der Waals surface area contributed by atoms with E-state index in [1.807, 2.05) is 42.5 Å². The summed E-state index contributed by atoms with van der Waals surface area (Å²) in [4.78, 5) is 156. The summed E-state index contributed by atoms with van der Waals surface area (Å²) in [5.74, 6) is -9.37. The second-order valence-electron chi connectivity index (χ2n) is 21.3. The second-order valence-corrected chi connectivity index (χ2v) is 21.3. The number of carboxylic acids is 1. The van der Waals surface area contributed by atoms with E-state index in [0.717, 1.165) is 16.7 Å². The fraction of sp³-hybridized carbons (Fsp3) is 0.410. The van der Waals surface area contributed by atoms with Crippen LogP contribution < -0.4 is 65.1 Å².